The van der Waals surface area contributed by atoms with Gasteiger partial charge in [-0.25, -0.2) is 19.9 Å². The molecule has 0 aliphatic heterocycles. The van der Waals surface area contributed by atoms with Crippen LogP contribution in [0, 0.1) is 0 Å². The second-order valence-corrected chi connectivity index (χ2v) is 9.61. The predicted octanol–water partition coefficient (Wildman–Crippen LogP) is 6.72. The van der Waals surface area contributed by atoms with Gasteiger partial charge in [-0.2, -0.15) is 0 Å². The Labute approximate surface area is 213 Å². The van der Waals surface area contributed by atoms with Gasteiger partial charge in [0, 0.05) is 22.1 Å². The van der Waals surface area contributed by atoms with E-state index in [1.54, 1.807) is 30.1 Å². The minimum atomic E-state index is 0.231. The molecule has 0 aliphatic carbocycles. The summed E-state index contributed by atoms with van der Waals surface area (Å²) in [6.07, 6.45) is 3.26. The highest BCUT2D eigenvalue weighted by atomic mass is 32.2. The summed E-state index contributed by atoms with van der Waals surface area (Å²) < 4.78 is 6.08. The van der Waals surface area contributed by atoms with Crippen molar-refractivity contribution in [3.63, 3.8) is 0 Å². The molecule has 0 unspecified atom stereocenters. The molecule has 5 aromatic rings. The van der Waals surface area contributed by atoms with Crippen LogP contribution in [0.5, 0.6) is 11.5 Å². The van der Waals surface area contributed by atoms with Crippen molar-refractivity contribution in [2.45, 2.75) is 36.2 Å². The van der Waals surface area contributed by atoms with Crippen molar-refractivity contribution in [2.24, 2.45) is 0 Å². The molecule has 180 valence electrons. The number of hydrogen-bond donors (Lipinski definition) is 2. The zero-order valence-corrected chi connectivity index (χ0v) is 20.7. The second-order valence-electron chi connectivity index (χ2n) is 8.50. The number of nitrogens with one attached hydrogen (secondary N) is 1. The van der Waals surface area contributed by atoms with Gasteiger partial charge in [-0.15, -0.1) is 0 Å². The lowest BCUT2D eigenvalue weighted by molar-refractivity contribution is 0.306. The maximum Gasteiger partial charge on any atom is 0.183 e. The Morgan fingerprint density at radius 1 is 0.944 bits per heavy atom. The number of hydrogen-bond acceptors (Lipinski definition) is 8. The van der Waals surface area contributed by atoms with Gasteiger partial charge in [-0.3, -0.25) is 0 Å². The summed E-state index contributed by atoms with van der Waals surface area (Å²) >= 11 is 1.57. The molecular formula is C28H25N5O2S. The van der Waals surface area contributed by atoms with Gasteiger partial charge >= 0.3 is 0 Å². The minimum absolute atomic E-state index is 0.231. The van der Waals surface area contributed by atoms with Gasteiger partial charge in [0.25, 0.3) is 0 Å². The number of rotatable bonds is 8. The SMILES string of the molecule is CC(C)c1cnc2c(Nc3cc(OCc4ccccc4)ccc3Sc3ccc(O)cc3)ncnc2n1. The topological polar surface area (TPSA) is 93.1 Å². The molecule has 0 amide bonds. The van der Waals surface area contributed by atoms with Crippen LogP contribution in [-0.2, 0) is 6.61 Å². The lowest BCUT2D eigenvalue weighted by atomic mass is 10.1. The molecular weight excluding hydrogens is 470 g/mol. The summed E-state index contributed by atoms with van der Waals surface area (Å²) in [5.74, 6) is 1.77. The summed E-state index contributed by atoms with van der Waals surface area (Å²) in [5.41, 5.74) is 3.92. The molecule has 0 fully saturated rings. The van der Waals surface area contributed by atoms with Crippen LogP contribution in [0.2, 0.25) is 0 Å². The number of phenolic OH excluding ortho intramolecular Hbond substituents is 1. The lowest BCUT2D eigenvalue weighted by Gasteiger charge is -2.15. The van der Waals surface area contributed by atoms with Crippen molar-refractivity contribution >= 4 is 34.4 Å². The van der Waals surface area contributed by atoms with Crippen molar-refractivity contribution in [3.8, 4) is 11.5 Å². The Bertz CT molecular complexity index is 1480. The summed E-state index contributed by atoms with van der Waals surface area (Å²) in [7, 11) is 0. The van der Waals surface area contributed by atoms with E-state index in [2.05, 4.69) is 39.1 Å². The van der Waals surface area contributed by atoms with Crippen LogP contribution in [0.3, 0.4) is 0 Å². The largest absolute Gasteiger partial charge is 0.508 e. The first kappa shape index (κ1) is 23.6. The number of anilines is 2. The van der Waals surface area contributed by atoms with Crippen LogP contribution >= 0.6 is 11.8 Å². The summed E-state index contributed by atoms with van der Waals surface area (Å²) in [6.45, 7) is 4.61. The highest BCUT2D eigenvalue weighted by Crippen LogP contribution is 2.38. The van der Waals surface area contributed by atoms with Crippen LogP contribution in [0.1, 0.15) is 31.0 Å². The zero-order valence-electron chi connectivity index (χ0n) is 19.9. The van der Waals surface area contributed by atoms with Gasteiger partial charge in [0.2, 0.25) is 0 Å². The van der Waals surface area contributed by atoms with Gasteiger partial charge in [-0.1, -0.05) is 55.9 Å². The Morgan fingerprint density at radius 2 is 1.75 bits per heavy atom. The number of aromatic nitrogens is 4. The Kier molecular flexibility index (Phi) is 6.95. The quantitative estimate of drug-likeness (QED) is 0.245. The number of ether oxygens (including phenoxy) is 1. The lowest BCUT2D eigenvalue weighted by Crippen LogP contribution is -2.03. The molecule has 2 aromatic heterocycles. The van der Waals surface area contributed by atoms with Crippen LogP contribution in [-0.4, -0.2) is 25.0 Å². The van der Waals surface area contributed by atoms with Gasteiger partial charge in [-0.05, 0) is 47.9 Å². The van der Waals surface area contributed by atoms with Crippen molar-refractivity contribution in [3.05, 3.63) is 96.6 Å². The average Bonchev–Trinajstić information content (AvgIpc) is 2.90. The smallest absolute Gasteiger partial charge is 0.183 e. The first-order chi connectivity index (χ1) is 17.5. The Morgan fingerprint density at radius 3 is 2.53 bits per heavy atom. The maximum absolute atomic E-state index is 9.65. The van der Waals surface area contributed by atoms with Crippen molar-refractivity contribution in [1.29, 1.82) is 0 Å². The molecule has 8 heteroatoms. The molecule has 0 saturated heterocycles. The van der Waals surface area contributed by atoms with E-state index in [4.69, 9.17) is 4.74 Å². The molecule has 0 spiro atoms. The standard InChI is InChI=1S/C28H25N5O2S/c1-18(2)24-15-29-26-27(30-17-31-28(26)33-24)32-23-14-21(35-16-19-6-4-3-5-7-19)10-13-25(23)36-22-11-8-20(34)9-12-22/h3-15,17-18,34H,16H2,1-2H3,(H,30,31,32,33). The molecule has 0 bridgehead atoms. The van der Waals surface area contributed by atoms with Gasteiger partial charge < -0.3 is 15.2 Å². The molecule has 0 radical (unpaired) electrons. The van der Waals surface area contributed by atoms with Crippen LogP contribution in [0.15, 0.2) is 95.1 Å². The van der Waals surface area contributed by atoms with E-state index in [0.717, 1.165) is 32.5 Å². The van der Waals surface area contributed by atoms with Crippen LogP contribution < -0.4 is 10.1 Å². The first-order valence-electron chi connectivity index (χ1n) is 11.6. The average molecular weight is 496 g/mol. The summed E-state index contributed by atoms with van der Waals surface area (Å²) in [6, 6.07) is 23.1. The van der Waals surface area contributed by atoms with Crippen LogP contribution in [0.4, 0.5) is 11.5 Å². The first-order valence-corrected chi connectivity index (χ1v) is 12.4. The van der Waals surface area contributed by atoms with E-state index in [0.29, 0.717) is 23.6 Å². The molecule has 0 atom stereocenters. The molecule has 5 rings (SSSR count). The molecule has 2 heterocycles. The van der Waals surface area contributed by atoms with E-state index in [1.165, 1.54) is 6.33 Å². The third kappa shape index (κ3) is 5.55. The predicted molar refractivity (Wildman–Crippen MR) is 142 cm³/mol. The maximum atomic E-state index is 9.65. The fourth-order valence-electron chi connectivity index (χ4n) is 3.52. The van der Waals surface area contributed by atoms with Crippen LogP contribution in [0.25, 0.3) is 11.2 Å². The summed E-state index contributed by atoms with van der Waals surface area (Å²) in [4.78, 5) is 20.0. The number of aromatic hydroxyl groups is 1. The van der Waals surface area contributed by atoms with Crippen molar-refractivity contribution in [2.75, 3.05) is 5.32 Å². The summed E-state index contributed by atoms with van der Waals surface area (Å²) in [5, 5.41) is 13.1. The molecule has 7 nitrogen and oxygen atoms in total. The number of nitrogens with zero attached hydrogens (tertiary/aromatic N) is 4. The molecule has 2 N–H and O–H groups in total. The van der Waals surface area contributed by atoms with E-state index >= 15 is 0 Å². The number of benzene rings is 3. The third-order valence-corrected chi connectivity index (χ3v) is 6.56. The van der Waals surface area contributed by atoms with E-state index in [9.17, 15) is 5.11 Å². The molecule has 36 heavy (non-hydrogen) atoms. The number of phenols is 1. The second kappa shape index (κ2) is 10.6. The molecule has 0 saturated carbocycles. The molecule has 0 aliphatic rings. The Balaban J connectivity index is 1.48. The fourth-order valence-corrected chi connectivity index (χ4v) is 4.40. The van der Waals surface area contributed by atoms with E-state index in [1.807, 2.05) is 60.7 Å². The minimum Gasteiger partial charge on any atom is -0.508 e. The van der Waals surface area contributed by atoms with E-state index in [-0.39, 0.29) is 11.7 Å². The van der Waals surface area contributed by atoms with Gasteiger partial charge in [0.15, 0.2) is 17.0 Å². The van der Waals surface area contributed by atoms with Crippen molar-refractivity contribution < 1.29 is 9.84 Å². The highest BCUT2D eigenvalue weighted by Gasteiger charge is 2.13. The van der Waals surface area contributed by atoms with Gasteiger partial charge in [0.05, 0.1) is 11.4 Å². The highest BCUT2D eigenvalue weighted by molar-refractivity contribution is 7.99. The Hall–Kier alpha value is -4.17. The fraction of sp³-hybridized carbons (Fsp3) is 0.143. The zero-order chi connectivity index (χ0) is 24.9. The van der Waals surface area contributed by atoms with Gasteiger partial charge in [0.1, 0.15) is 24.4 Å². The van der Waals surface area contributed by atoms with E-state index < -0.39 is 0 Å². The molecule has 3 aromatic carbocycles. The third-order valence-electron chi connectivity index (χ3n) is 5.47. The van der Waals surface area contributed by atoms with Crippen molar-refractivity contribution in [1.82, 2.24) is 19.9 Å². The number of fused-ring (bicyclic) bond motifs is 1. The monoisotopic (exact) mass is 495 g/mol. The normalized spacial score (nSPS) is 11.1.